The summed E-state index contributed by atoms with van der Waals surface area (Å²) in [7, 11) is 1.80. The smallest absolute Gasteiger partial charge is 0.221 e. The van der Waals surface area contributed by atoms with Gasteiger partial charge in [-0.25, -0.2) is 0 Å². The van der Waals surface area contributed by atoms with E-state index in [9.17, 15) is 4.79 Å². The van der Waals surface area contributed by atoms with Crippen LogP contribution in [0.5, 0.6) is 0 Å². The van der Waals surface area contributed by atoms with Gasteiger partial charge < -0.3 is 15.5 Å². The maximum absolute atomic E-state index is 11.7. The first-order valence-electron chi connectivity index (χ1n) is 9.09. The molecule has 0 radical (unpaired) electrons. The third kappa shape index (κ3) is 6.74. The Bertz CT molecular complexity index is 550. The Hall–Kier alpha value is -2.08. The second kappa shape index (κ2) is 10.0. The lowest BCUT2D eigenvalue weighted by Gasteiger charge is -2.36. The van der Waals surface area contributed by atoms with E-state index in [0.29, 0.717) is 13.0 Å². The number of nitrogens with zero attached hydrogens (tertiary/aromatic N) is 3. The van der Waals surface area contributed by atoms with Gasteiger partial charge in [-0.1, -0.05) is 30.3 Å². The van der Waals surface area contributed by atoms with Gasteiger partial charge in [0, 0.05) is 58.8 Å². The van der Waals surface area contributed by atoms with Gasteiger partial charge in [-0.15, -0.1) is 0 Å². The maximum Gasteiger partial charge on any atom is 0.221 e. The second-order valence-corrected chi connectivity index (χ2v) is 6.69. The number of aliphatic imine (C=N–C) groups is 1. The van der Waals surface area contributed by atoms with E-state index in [0.717, 1.165) is 38.7 Å². The number of benzene rings is 1. The van der Waals surface area contributed by atoms with Crippen LogP contribution in [0.3, 0.4) is 0 Å². The fourth-order valence-electron chi connectivity index (χ4n) is 2.97. The molecule has 6 heteroatoms. The van der Waals surface area contributed by atoms with Gasteiger partial charge in [0.05, 0.1) is 0 Å². The number of rotatable bonds is 6. The monoisotopic (exact) mass is 345 g/mol. The van der Waals surface area contributed by atoms with Crippen molar-refractivity contribution in [3.8, 4) is 0 Å². The van der Waals surface area contributed by atoms with Gasteiger partial charge in [-0.3, -0.25) is 14.7 Å². The van der Waals surface area contributed by atoms with Crippen LogP contribution in [-0.2, 0) is 11.3 Å². The van der Waals surface area contributed by atoms with E-state index in [1.54, 1.807) is 7.05 Å². The Morgan fingerprint density at radius 3 is 2.44 bits per heavy atom. The largest absolute Gasteiger partial charge is 0.356 e. The number of hydrogen-bond acceptors (Lipinski definition) is 3. The summed E-state index contributed by atoms with van der Waals surface area (Å²) in [6, 6.07) is 10.8. The molecule has 0 unspecified atom stereocenters. The van der Waals surface area contributed by atoms with Crippen LogP contribution < -0.4 is 10.6 Å². The minimum absolute atomic E-state index is 0.0747. The lowest BCUT2D eigenvalue weighted by molar-refractivity contribution is -0.121. The van der Waals surface area contributed by atoms with E-state index >= 15 is 0 Å². The molecular formula is C19H31N5O. The Balaban J connectivity index is 1.71. The highest BCUT2D eigenvalue weighted by Crippen LogP contribution is 2.08. The molecule has 138 valence electrons. The molecule has 0 saturated carbocycles. The molecule has 1 saturated heterocycles. The van der Waals surface area contributed by atoms with Crippen molar-refractivity contribution in [2.24, 2.45) is 4.99 Å². The van der Waals surface area contributed by atoms with Gasteiger partial charge in [0.15, 0.2) is 5.96 Å². The van der Waals surface area contributed by atoms with Gasteiger partial charge in [0.25, 0.3) is 0 Å². The molecule has 0 aliphatic carbocycles. The minimum atomic E-state index is 0.0747. The summed E-state index contributed by atoms with van der Waals surface area (Å²) >= 11 is 0. The predicted octanol–water partition coefficient (Wildman–Crippen LogP) is 1.29. The highest BCUT2D eigenvalue weighted by molar-refractivity contribution is 5.81. The SMILES string of the molecule is CN=C(NCCC(=O)NC(C)C)N1CCN(Cc2ccccc2)CC1. The number of amides is 1. The lowest BCUT2D eigenvalue weighted by Crippen LogP contribution is -2.52. The van der Waals surface area contributed by atoms with Gasteiger partial charge >= 0.3 is 0 Å². The predicted molar refractivity (Wildman–Crippen MR) is 103 cm³/mol. The summed E-state index contributed by atoms with van der Waals surface area (Å²) in [5.74, 6) is 0.961. The molecule has 1 fully saturated rings. The molecule has 25 heavy (non-hydrogen) atoms. The molecule has 1 amide bonds. The average molecular weight is 345 g/mol. The van der Waals surface area contributed by atoms with E-state index in [1.807, 2.05) is 13.8 Å². The molecular weight excluding hydrogens is 314 g/mol. The molecule has 0 aromatic heterocycles. The fourth-order valence-corrected chi connectivity index (χ4v) is 2.97. The van der Waals surface area contributed by atoms with Crippen LogP contribution in [0.15, 0.2) is 35.3 Å². The number of guanidine groups is 1. The topological polar surface area (TPSA) is 60.0 Å². The summed E-state index contributed by atoms with van der Waals surface area (Å²) < 4.78 is 0. The van der Waals surface area contributed by atoms with Crippen LogP contribution in [0, 0.1) is 0 Å². The standard InChI is InChI=1S/C19H31N5O/c1-16(2)22-18(25)9-10-21-19(20-3)24-13-11-23(12-14-24)15-17-7-5-4-6-8-17/h4-8,16H,9-15H2,1-3H3,(H,20,21)(H,22,25). The van der Waals surface area contributed by atoms with Crippen LogP contribution in [0.4, 0.5) is 0 Å². The Morgan fingerprint density at radius 2 is 1.84 bits per heavy atom. The van der Waals surface area contributed by atoms with Crippen molar-refractivity contribution in [2.75, 3.05) is 39.8 Å². The number of hydrogen-bond donors (Lipinski definition) is 2. The van der Waals surface area contributed by atoms with Gasteiger partial charge in [-0.05, 0) is 19.4 Å². The molecule has 1 aromatic carbocycles. The molecule has 2 N–H and O–H groups in total. The summed E-state index contributed by atoms with van der Waals surface area (Å²) in [5.41, 5.74) is 1.36. The normalized spacial score (nSPS) is 16.2. The summed E-state index contributed by atoms with van der Waals surface area (Å²) in [6.07, 6.45) is 0.463. The zero-order valence-corrected chi connectivity index (χ0v) is 15.7. The van der Waals surface area contributed by atoms with E-state index in [-0.39, 0.29) is 11.9 Å². The van der Waals surface area contributed by atoms with Crippen LogP contribution in [0.25, 0.3) is 0 Å². The third-order valence-electron chi connectivity index (χ3n) is 4.22. The molecule has 1 aliphatic heterocycles. The molecule has 2 rings (SSSR count). The van der Waals surface area contributed by atoms with Crippen molar-refractivity contribution in [1.82, 2.24) is 20.4 Å². The van der Waals surface area contributed by atoms with Gasteiger partial charge in [0.2, 0.25) is 5.91 Å². The highest BCUT2D eigenvalue weighted by Gasteiger charge is 2.19. The quantitative estimate of drug-likeness (QED) is 0.603. The Morgan fingerprint density at radius 1 is 1.16 bits per heavy atom. The number of carbonyl (C=O) groups is 1. The number of carbonyl (C=O) groups excluding carboxylic acids is 1. The summed E-state index contributed by atoms with van der Waals surface area (Å²) in [4.78, 5) is 20.8. The number of piperazine rings is 1. The van der Waals surface area contributed by atoms with Gasteiger partial charge in [-0.2, -0.15) is 0 Å². The van der Waals surface area contributed by atoms with E-state index in [1.165, 1.54) is 5.56 Å². The van der Waals surface area contributed by atoms with E-state index in [4.69, 9.17) is 0 Å². The second-order valence-electron chi connectivity index (χ2n) is 6.69. The third-order valence-corrected chi connectivity index (χ3v) is 4.22. The van der Waals surface area contributed by atoms with Crippen LogP contribution in [0.2, 0.25) is 0 Å². The molecule has 1 aromatic rings. The molecule has 1 aliphatic rings. The zero-order chi connectivity index (χ0) is 18.1. The lowest BCUT2D eigenvalue weighted by atomic mass is 10.2. The first-order chi connectivity index (χ1) is 12.1. The first kappa shape index (κ1) is 19.2. The Kier molecular flexibility index (Phi) is 7.73. The van der Waals surface area contributed by atoms with E-state index < -0.39 is 0 Å². The van der Waals surface area contributed by atoms with Crippen LogP contribution >= 0.6 is 0 Å². The first-order valence-corrected chi connectivity index (χ1v) is 9.09. The van der Waals surface area contributed by atoms with Crippen LogP contribution in [-0.4, -0.2) is 67.5 Å². The maximum atomic E-state index is 11.7. The zero-order valence-electron chi connectivity index (χ0n) is 15.7. The highest BCUT2D eigenvalue weighted by atomic mass is 16.1. The molecule has 1 heterocycles. The van der Waals surface area contributed by atoms with Crippen molar-refractivity contribution >= 4 is 11.9 Å². The molecule has 0 atom stereocenters. The molecule has 0 spiro atoms. The summed E-state index contributed by atoms with van der Waals surface area (Å²) in [5, 5.41) is 6.21. The van der Waals surface area contributed by atoms with Crippen molar-refractivity contribution in [2.45, 2.75) is 32.9 Å². The van der Waals surface area contributed by atoms with Crippen molar-refractivity contribution < 1.29 is 4.79 Å². The summed E-state index contributed by atoms with van der Waals surface area (Å²) in [6.45, 7) is 9.48. The van der Waals surface area contributed by atoms with Crippen molar-refractivity contribution in [1.29, 1.82) is 0 Å². The molecule has 6 nitrogen and oxygen atoms in total. The molecule has 0 bridgehead atoms. The average Bonchev–Trinajstić information content (AvgIpc) is 2.60. The van der Waals surface area contributed by atoms with Crippen LogP contribution in [0.1, 0.15) is 25.8 Å². The van der Waals surface area contributed by atoms with Crippen molar-refractivity contribution in [3.05, 3.63) is 35.9 Å². The van der Waals surface area contributed by atoms with Crippen molar-refractivity contribution in [3.63, 3.8) is 0 Å². The van der Waals surface area contributed by atoms with Gasteiger partial charge in [0.1, 0.15) is 0 Å². The number of nitrogens with one attached hydrogen (secondary N) is 2. The Labute approximate surface area is 151 Å². The minimum Gasteiger partial charge on any atom is -0.356 e. The van der Waals surface area contributed by atoms with E-state index in [2.05, 4.69) is 55.8 Å². The fraction of sp³-hybridized carbons (Fsp3) is 0.579.